The van der Waals surface area contributed by atoms with Crippen LogP contribution in [0.25, 0.3) is 0 Å². The Labute approximate surface area is 285 Å². The minimum Gasteiger partial charge on any atom is -1.00 e. The average molecular weight is 713 g/mol. The van der Waals surface area contributed by atoms with Crippen molar-refractivity contribution in [3.05, 3.63) is 89.7 Å². The molecule has 3 rings (SSSR count). The van der Waals surface area contributed by atoms with E-state index in [1.807, 2.05) is 64.3 Å². The van der Waals surface area contributed by atoms with Crippen LogP contribution < -0.4 is 38.2 Å². The highest BCUT2D eigenvalue weighted by atomic mass is 127. The molecule has 242 valence electrons. The van der Waals surface area contributed by atoms with E-state index in [4.69, 9.17) is 4.74 Å². The fourth-order valence-corrected chi connectivity index (χ4v) is 5.58. The fraction of sp³-hybridized carbons (Fsp3) is 0.538. The van der Waals surface area contributed by atoms with E-state index in [1.165, 1.54) is 76.2 Å². The molecule has 4 nitrogen and oxygen atoms in total. The molecule has 0 spiro atoms. The largest absolute Gasteiger partial charge is 1.00 e. The topological polar surface area (TPSA) is 33.4 Å². The molecule has 0 saturated carbocycles. The van der Waals surface area contributed by atoms with Gasteiger partial charge in [0.25, 0.3) is 5.91 Å². The normalized spacial score (nSPS) is 11.2. The van der Waals surface area contributed by atoms with Gasteiger partial charge < -0.3 is 33.6 Å². The summed E-state index contributed by atoms with van der Waals surface area (Å²) in [5.41, 5.74) is 3.79. The van der Waals surface area contributed by atoms with Gasteiger partial charge in [0.15, 0.2) is 12.4 Å². The van der Waals surface area contributed by atoms with Gasteiger partial charge in [-0.2, -0.15) is 0 Å². The van der Waals surface area contributed by atoms with Crippen LogP contribution in [-0.2, 0) is 18.5 Å². The Balaban J connectivity index is 0.00000675. The van der Waals surface area contributed by atoms with E-state index < -0.39 is 0 Å². The molecule has 0 aliphatic heterocycles. The van der Waals surface area contributed by atoms with Gasteiger partial charge in [-0.3, -0.25) is 4.79 Å². The van der Waals surface area contributed by atoms with Crippen molar-refractivity contribution in [3.63, 3.8) is 0 Å². The highest BCUT2D eigenvalue weighted by Crippen LogP contribution is 2.33. The predicted octanol–water partition coefficient (Wildman–Crippen LogP) is 7.22. The molecule has 0 fully saturated rings. The lowest BCUT2D eigenvalue weighted by atomic mass is 9.85. The van der Waals surface area contributed by atoms with Crippen LogP contribution in [0.1, 0.15) is 133 Å². The number of amides is 1. The van der Waals surface area contributed by atoms with Crippen molar-refractivity contribution in [2.75, 3.05) is 11.5 Å². The Morgan fingerprint density at radius 2 is 1.39 bits per heavy atom. The van der Waals surface area contributed by atoms with E-state index in [2.05, 4.69) is 52.8 Å². The molecule has 44 heavy (non-hydrogen) atoms. The molecular formula is C39H57IN2O2. The third-order valence-corrected chi connectivity index (χ3v) is 8.23. The van der Waals surface area contributed by atoms with Crippen LogP contribution in [0.3, 0.4) is 0 Å². The highest BCUT2D eigenvalue weighted by Gasteiger charge is 2.23. The zero-order valence-corrected chi connectivity index (χ0v) is 30.3. The zero-order chi connectivity index (χ0) is 30.9. The van der Waals surface area contributed by atoms with Crippen LogP contribution in [0.2, 0.25) is 0 Å². The van der Waals surface area contributed by atoms with Gasteiger partial charge in [0, 0.05) is 11.8 Å². The Hall–Kier alpha value is -2.41. The number of ether oxygens (including phenoxy) is 1. The number of para-hydroxylation sites is 1. The number of aromatic nitrogens is 1. The number of rotatable bonds is 19. The van der Waals surface area contributed by atoms with Gasteiger partial charge in [-0.25, -0.2) is 4.57 Å². The summed E-state index contributed by atoms with van der Waals surface area (Å²) >= 11 is 0. The molecular weight excluding hydrogens is 655 g/mol. The summed E-state index contributed by atoms with van der Waals surface area (Å²) in [6.07, 6.45) is 20.0. The molecule has 0 aliphatic rings. The maximum atomic E-state index is 13.8. The summed E-state index contributed by atoms with van der Waals surface area (Å²) in [5.74, 6) is 0.961. The molecule has 0 aliphatic carbocycles. The molecule has 0 unspecified atom stereocenters. The fourth-order valence-electron chi connectivity index (χ4n) is 5.58. The molecule has 0 bridgehead atoms. The van der Waals surface area contributed by atoms with E-state index in [0.29, 0.717) is 12.1 Å². The lowest BCUT2D eigenvalue weighted by molar-refractivity contribution is -0.693. The first-order valence-corrected chi connectivity index (χ1v) is 17.0. The average Bonchev–Trinajstić information content (AvgIpc) is 3.02. The summed E-state index contributed by atoms with van der Waals surface area (Å²) in [6, 6.07) is 20.3. The van der Waals surface area contributed by atoms with Gasteiger partial charge in [-0.05, 0) is 60.2 Å². The number of hydrogen-bond donors (Lipinski definition) is 0. The van der Waals surface area contributed by atoms with Crippen LogP contribution in [0.15, 0.2) is 73.1 Å². The number of carbonyl (C=O) groups excluding carboxylic acids is 1. The first-order chi connectivity index (χ1) is 20.8. The van der Waals surface area contributed by atoms with Crippen LogP contribution in [0.4, 0.5) is 5.69 Å². The maximum absolute atomic E-state index is 13.8. The second kappa shape index (κ2) is 20.6. The molecule has 1 amide bonds. The van der Waals surface area contributed by atoms with Crippen molar-refractivity contribution >= 4 is 11.6 Å². The Bertz CT molecular complexity index is 1220. The number of hydrogen-bond acceptors (Lipinski definition) is 2. The predicted molar refractivity (Wildman–Crippen MR) is 181 cm³/mol. The number of pyridine rings is 1. The van der Waals surface area contributed by atoms with Crippen LogP contribution in [-0.4, -0.2) is 12.5 Å². The van der Waals surface area contributed by atoms with Gasteiger partial charge in [0.1, 0.15) is 17.9 Å². The summed E-state index contributed by atoms with van der Waals surface area (Å²) in [5, 5.41) is 0. The number of halogens is 1. The van der Waals surface area contributed by atoms with E-state index in [0.717, 1.165) is 36.6 Å². The highest BCUT2D eigenvalue weighted by molar-refractivity contribution is 6.05. The van der Waals surface area contributed by atoms with Crippen molar-refractivity contribution in [3.8, 4) is 5.75 Å². The standard InChI is InChI=1S/C39H57N2O2.HI/c1-6-8-9-10-11-12-13-14-15-16-17-21-29-43-37-27-26-33(30-36(37)39(3,4)5)31-41(35-24-19-18-20-25-35)38(42)34-23-22-28-40(7-2)32-34;/h18-20,22-28,30,32H,6-17,21,29,31H2,1-5H3;1H/q+1;/p-1. The van der Waals surface area contributed by atoms with Crippen molar-refractivity contribution in [1.29, 1.82) is 0 Å². The number of aryl methyl sites for hydroxylation is 1. The third-order valence-electron chi connectivity index (χ3n) is 8.23. The smallest absolute Gasteiger partial charge is 0.264 e. The number of benzene rings is 2. The lowest BCUT2D eigenvalue weighted by Crippen LogP contribution is -3.00. The van der Waals surface area contributed by atoms with Gasteiger partial charge in [0.2, 0.25) is 0 Å². The van der Waals surface area contributed by atoms with E-state index in [9.17, 15) is 4.79 Å². The van der Waals surface area contributed by atoms with Crippen molar-refractivity contribution in [1.82, 2.24) is 0 Å². The van der Waals surface area contributed by atoms with Crippen molar-refractivity contribution in [2.24, 2.45) is 0 Å². The van der Waals surface area contributed by atoms with E-state index in [-0.39, 0.29) is 35.3 Å². The summed E-state index contributed by atoms with van der Waals surface area (Å²) in [7, 11) is 0. The van der Waals surface area contributed by atoms with Gasteiger partial charge in [-0.1, -0.05) is 123 Å². The molecule has 0 radical (unpaired) electrons. The molecule has 1 aromatic heterocycles. The van der Waals surface area contributed by atoms with Crippen LogP contribution in [0, 0.1) is 0 Å². The molecule has 2 aromatic carbocycles. The Morgan fingerprint density at radius 3 is 1.98 bits per heavy atom. The minimum absolute atomic E-state index is 0. The number of carbonyl (C=O) groups is 1. The van der Waals surface area contributed by atoms with Crippen molar-refractivity contribution < 1.29 is 38.1 Å². The van der Waals surface area contributed by atoms with Crippen LogP contribution in [0.5, 0.6) is 5.75 Å². The monoisotopic (exact) mass is 712 g/mol. The van der Waals surface area contributed by atoms with Crippen molar-refractivity contribution in [2.45, 2.75) is 130 Å². The lowest BCUT2D eigenvalue weighted by Gasteiger charge is -2.26. The van der Waals surface area contributed by atoms with Crippen LogP contribution >= 0.6 is 0 Å². The SMILES string of the molecule is CCCCCCCCCCCCCCOc1ccc(CN(C(=O)c2ccc[n+](CC)c2)c2ccccc2)cc1C(C)(C)C.[I-]. The van der Waals surface area contributed by atoms with Gasteiger partial charge >= 0.3 is 0 Å². The molecule has 5 heteroatoms. The summed E-state index contributed by atoms with van der Waals surface area (Å²) in [4.78, 5) is 15.7. The first kappa shape index (κ1) is 37.8. The summed E-state index contributed by atoms with van der Waals surface area (Å²) < 4.78 is 8.40. The van der Waals surface area contributed by atoms with E-state index >= 15 is 0 Å². The van der Waals surface area contributed by atoms with Gasteiger partial charge in [0.05, 0.1) is 13.2 Å². The van der Waals surface area contributed by atoms with E-state index in [1.54, 1.807) is 0 Å². The zero-order valence-electron chi connectivity index (χ0n) is 28.1. The first-order valence-electron chi connectivity index (χ1n) is 17.0. The molecule has 0 N–H and O–H groups in total. The number of unbranched alkanes of at least 4 members (excludes halogenated alkanes) is 11. The third kappa shape index (κ3) is 12.9. The minimum atomic E-state index is -0.0738. The second-order valence-corrected chi connectivity index (χ2v) is 13.0. The quantitative estimate of drug-likeness (QED) is 0.0748. The second-order valence-electron chi connectivity index (χ2n) is 13.0. The molecule has 0 saturated heterocycles. The Kier molecular flexibility index (Phi) is 17.7. The number of nitrogens with zero attached hydrogens (tertiary/aromatic N) is 2. The maximum Gasteiger partial charge on any atom is 0.264 e. The van der Waals surface area contributed by atoms with Gasteiger partial charge in [-0.15, -0.1) is 0 Å². The molecule has 1 heterocycles. The summed E-state index contributed by atoms with van der Waals surface area (Å²) in [6.45, 7) is 13.1. The number of anilines is 1. The molecule has 3 aromatic rings. The molecule has 0 atom stereocenters. The Morgan fingerprint density at radius 1 is 0.773 bits per heavy atom.